The van der Waals surface area contributed by atoms with Gasteiger partial charge in [0.2, 0.25) is 17.7 Å². The number of rotatable bonds is 9. The van der Waals surface area contributed by atoms with Crippen molar-refractivity contribution in [2.24, 2.45) is 15.3 Å². The average molecular weight is 545 g/mol. The Bertz CT molecular complexity index is 1230. The van der Waals surface area contributed by atoms with E-state index in [1.165, 1.54) is 0 Å². The first-order chi connectivity index (χ1) is 18.8. The molecule has 3 aromatic carbocycles. The average Bonchev–Trinajstić information content (AvgIpc) is 3.36. The molecule has 3 atom stereocenters. The van der Waals surface area contributed by atoms with Crippen molar-refractivity contribution in [2.75, 3.05) is 28.2 Å². The maximum atomic E-state index is 6.65. The second-order valence-corrected chi connectivity index (χ2v) is 11.5. The van der Waals surface area contributed by atoms with Crippen LogP contribution in [0.2, 0.25) is 0 Å². The first-order valence-corrected chi connectivity index (χ1v) is 14.6. The van der Waals surface area contributed by atoms with E-state index < -0.39 is 8.97 Å². The minimum Gasteiger partial charge on any atom is -0.452 e. The van der Waals surface area contributed by atoms with Gasteiger partial charge in [0.25, 0.3) is 0 Å². The van der Waals surface area contributed by atoms with Crippen LogP contribution in [0.3, 0.4) is 0 Å². The molecular formula is C29H36N6O3Si. The van der Waals surface area contributed by atoms with Crippen molar-refractivity contribution in [1.82, 2.24) is 15.1 Å². The number of hydrazone groups is 3. The molecule has 1 aliphatic heterocycles. The van der Waals surface area contributed by atoms with E-state index in [9.17, 15) is 0 Å². The van der Waals surface area contributed by atoms with E-state index in [0.717, 1.165) is 16.7 Å². The van der Waals surface area contributed by atoms with E-state index >= 15 is 0 Å². The first kappa shape index (κ1) is 27.7. The number of benzene rings is 3. The molecule has 0 spiro atoms. The van der Waals surface area contributed by atoms with Gasteiger partial charge in [-0.25, -0.2) is 5.09 Å². The summed E-state index contributed by atoms with van der Waals surface area (Å²) in [6, 6.07) is 29.7. The fourth-order valence-corrected chi connectivity index (χ4v) is 5.84. The summed E-state index contributed by atoms with van der Waals surface area (Å²) in [5.41, 5.74) is 2.89. The highest BCUT2D eigenvalue weighted by Crippen LogP contribution is 2.27. The maximum Gasteiger partial charge on any atom is 0.859 e. The molecule has 3 aromatic rings. The molecule has 1 aliphatic rings. The summed E-state index contributed by atoms with van der Waals surface area (Å²) in [5.74, 6) is 0.885. The van der Waals surface area contributed by atoms with Gasteiger partial charge in [0.15, 0.2) is 0 Å². The van der Waals surface area contributed by atoms with E-state index in [1.54, 1.807) is 10.0 Å². The molecule has 0 radical (unpaired) electrons. The lowest BCUT2D eigenvalue weighted by molar-refractivity contribution is 0.225. The van der Waals surface area contributed by atoms with Crippen LogP contribution in [0.4, 0.5) is 0 Å². The Labute approximate surface area is 231 Å². The molecule has 10 heteroatoms. The maximum absolute atomic E-state index is 6.65. The van der Waals surface area contributed by atoms with Crippen LogP contribution in [0.25, 0.3) is 0 Å². The molecule has 0 aliphatic carbocycles. The van der Waals surface area contributed by atoms with Crippen LogP contribution in [-0.2, 0) is 13.3 Å². The lowest BCUT2D eigenvalue weighted by Gasteiger charge is -2.29. The second kappa shape index (κ2) is 12.5. The summed E-state index contributed by atoms with van der Waals surface area (Å²) >= 11 is 0. The minimum atomic E-state index is -3.80. The highest BCUT2D eigenvalue weighted by atomic mass is 28.4. The summed E-state index contributed by atoms with van der Waals surface area (Å²) in [6.07, 6.45) is 0. The van der Waals surface area contributed by atoms with Crippen LogP contribution < -0.4 is 5.09 Å². The summed E-state index contributed by atoms with van der Waals surface area (Å²) in [5, 5.41) is 20.4. The van der Waals surface area contributed by atoms with Crippen LogP contribution >= 0.6 is 0 Å². The molecule has 1 heterocycles. The van der Waals surface area contributed by atoms with Crippen molar-refractivity contribution in [2.45, 2.75) is 25.7 Å². The second-order valence-electron chi connectivity index (χ2n) is 9.59. The van der Waals surface area contributed by atoms with Gasteiger partial charge in [-0.1, -0.05) is 78.9 Å². The predicted molar refractivity (Wildman–Crippen MR) is 157 cm³/mol. The Morgan fingerprint density at radius 2 is 1.13 bits per heavy atom. The molecule has 0 saturated carbocycles. The Morgan fingerprint density at radius 3 is 1.54 bits per heavy atom. The normalized spacial score (nSPS) is 18.8. The third-order valence-electron chi connectivity index (χ3n) is 5.96. The Balaban J connectivity index is 1.73. The number of nitrogens with one attached hydrogen (secondary N) is 1. The molecule has 0 bridgehead atoms. The van der Waals surface area contributed by atoms with Gasteiger partial charge in [-0.3, -0.25) is 10.0 Å². The fraction of sp³-hybridized carbons (Fsp3) is 0.276. The van der Waals surface area contributed by atoms with Crippen molar-refractivity contribution in [1.29, 1.82) is 0 Å². The lowest BCUT2D eigenvalue weighted by atomic mass is 10.0. The smallest absolute Gasteiger partial charge is 0.452 e. The number of hydrogen-bond donors (Lipinski definition) is 1. The van der Waals surface area contributed by atoms with Gasteiger partial charge in [0, 0.05) is 33.8 Å². The molecule has 0 amide bonds. The van der Waals surface area contributed by atoms with E-state index in [2.05, 4.69) is 10.2 Å². The Kier molecular flexibility index (Phi) is 8.87. The van der Waals surface area contributed by atoms with Gasteiger partial charge < -0.3 is 13.3 Å². The van der Waals surface area contributed by atoms with Crippen LogP contribution in [0.15, 0.2) is 106 Å². The molecule has 0 aromatic heterocycles. The van der Waals surface area contributed by atoms with Crippen molar-refractivity contribution >= 4 is 26.7 Å². The third-order valence-corrected chi connectivity index (χ3v) is 7.76. The summed E-state index contributed by atoms with van der Waals surface area (Å²) in [6.45, 7) is 4.07. The van der Waals surface area contributed by atoms with E-state index in [4.69, 9.17) is 23.5 Å². The monoisotopic (exact) mass is 544 g/mol. The first-order valence-electron chi connectivity index (χ1n) is 12.8. The van der Waals surface area contributed by atoms with Crippen LogP contribution in [0.5, 0.6) is 0 Å². The van der Waals surface area contributed by atoms with Gasteiger partial charge in [-0.15, -0.1) is 15.3 Å². The SMILES string of the molecule is C[C@H](/C(=N/N(C)C)O[Si]1(O/C(=N/N(C)C)[C@H](C)c2ccccc2)NN=C(c2ccccc2)O1)c1ccccc1. The van der Waals surface area contributed by atoms with E-state index in [-0.39, 0.29) is 11.8 Å². The van der Waals surface area contributed by atoms with Crippen LogP contribution in [0, 0.1) is 0 Å². The summed E-state index contributed by atoms with van der Waals surface area (Å²) in [7, 11) is 3.60. The number of nitrogens with zero attached hydrogens (tertiary/aromatic N) is 5. The van der Waals surface area contributed by atoms with Crippen LogP contribution in [0.1, 0.15) is 42.4 Å². The predicted octanol–water partition coefficient (Wildman–Crippen LogP) is 4.79. The van der Waals surface area contributed by atoms with E-state index in [1.807, 2.05) is 133 Å². The molecular weight excluding hydrogens is 508 g/mol. The molecule has 1 N–H and O–H groups in total. The topological polar surface area (TPSA) is 83.3 Å². The van der Waals surface area contributed by atoms with Crippen molar-refractivity contribution < 1.29 is 13.3 Å². The molecule has 0 fully saturated rings. The van der Waals surface area contributed by atoms with Crippen molar-refractivity contribution in [3.63, 3.8) is 0 Å². The highest BCUT2D eigenvalue weighted by molar-refractivity contribution is 6.65. The molecule has 39 heavy (non-hydrogen) atoms. The Hall–Kier alpha value is -4.31. The molecule has 0 saturated heterocycles. The standard InChI is InChI=1S/C29H36N6O3Si/c1-22(24-16-10-7-11-17-24)27(31-34(3)4)36-39(33-30-29(38-39)26-20-14-9-15-21-26)37-28(32-35(5)6)23(2)25-18-12-8-13-19-25/h7-23,33H,1-6H3/b31-27-,32-28+/t22-,23+,39?/m0/s1. The zero-order valence-corrected chi connectivity index (χ0v) is 24.3. The fourth-order valence-electron chi connectivity index (χ4n) is 3.93. The zero-order valence-electron chi connectivity index (χ0n) is 23.3. The van der Waals surface area contributed by atoms with Gasteiger partial charge in [-0.2, -0.15) is 0 Å². The summed E-state index contributed by atoms with van der Waals surface area (Å²) < 4.78 is 19.8. The lowest BCUT2D eigenvalue weighted by Crippen LogP contribution is -2.57. The summed E-state index contributed by atoms with van der Waals surface area (Å²) in [4.78, 5) is 0. The van der Waals surface area contributed by atoms with Gasteiger partial charge in [0.1, 0.15) is 0 Å². The quantitative estimate of drug-likeness (QED) is 0.180. The van der Waals surface area contributed by atoms with Gasteiger partial charge in [0.05, 0.1) is 11.8 Å². The third kappa shape index (κ3) is 7.17. The van der Waals surface area contributed by atoms with Crippen molar-refractivity contribution in [3.8, 4) is 0 Å². The zero-order chi connectivity index (χ0) is 27.8. The molecule has 204 valence electrons. The van der Waals surface area contributed by atoms with Crippen molar-refractivity contribution in [3.05, 3.63) is 108 Å². The van der Waals surface area contributed by atoms with Gasteiger partial charge in [-0.05, 0) is 37.1 Å². The molecule has 9 nitrogen and oxygen atoms in total. The molecule has 4 rings (SSSR count). The van der Waals surface area contributed by atoms with Crippen LogP contribution in [-0.4, -0.2) is 64.9 Å². The Morgan fingerprint density at radius 1 is 0.718 bits per heavy atom. The minimum absolute atomic E-state index is 0.187. The van der Waals surface area contributed by atoms with Gasteiger partial charge >= 0.3 is 8.97 Å². The molecule has 1 unspecified atom stereocenters. The highest BCUT2D eigenvalue weighted by Gasteiger charge is 2.59. The van der Waals surface area contributed by atoms with E-state index in [0.29, 0.717) is 17.7 Å². The number of hydrogen-bond acceptors (Lipinski definition) is 9. The largest absolute Gasteiger partial charge is 0.859 e.